The Bertz CT molecular complexity index is 1630. The van der Waals surface area contributed by atoms with Crippen LogP contribution in [0.2, 0.25) is 0 Å². The fraction of sp³-hybridized carbons (Fsp3) is 0.458. The summed E-state index contributed by atoms with van der Waals surface area (Å²) >= 11 is 1.21. The highest BCUT2D eigenvalue weighted by molar-refractivity contribution is 7.16. The molecule has 4 unspecified atom stereocenters. The van der Waals surface area contributed by atoms with Crippen LogP contribution < -0.4 is 26.2 Å². The molecular formula is C24H23FN4O4S. The fourth-order valence-electron chi connectivity index (χ4n) is 7.56. The van der Waals surface area contributed by atoms with Crippen molar-refractivity contribution in [1.82, 2.24) is 4.40 Å². The van der Waals surface area contributed by atoms with Crippen LogP contribution in [-0.2, 0) is 0 Å². The van der Waals surface area contributed by atoms with E-state index in [4.69, 9.17) is 10.5 Å². The van der Waals surface area contributed by atoms with Crippen molar-refractivity contribution < 1.29 is 19.0 Å². The van der Waals surface area contributed by atoms with Crippen LogP contribution in [0.15, 0.2) is 21.2 Å². The lowest BCUT2D eigenvalue weighted by Gasteiger charge is -2.34. The molecule has 3 N–H and O–H groups in total. The van der Waals surface area contributed by atoms with Crippen molar-refractivity contribution in [2.45, 2.75) is 19.3 Å². The first-order chi connectivity index (χ1) is 16.4. The predicted molar refractivity (Wildman–Crippen MR) is 127 cm³/mol. The second-order valence-electron chi connectivity index (χ2n) is 10.1. The minimum absolute atomic E-state index is 0.0983. The molecule has 176 valence electrons. The smallest absolute Gasteiger partial charge is 0.449 e. The summed E-state index contributed by atoms with van der Waals surface area (Å²) in [7, 11) is 1.65. The second kappa shape index (κ2) is 6.57. The van der Waals surface area contributed by atoms with Crippen LogP contribution in [-0.4, -0.2) is 42.3 Å². The highest BCUT2D eigenvalue weighted by Gasteiger charge is 2.60. The standard InChI is InChI=1S/C24H23FN4O4S/c1-27-17-15-8-34-22-21(33-23(31)32)20(30)11-4-14(25)19(16(17)18(11)29(15)22)28-6-12-10-2-3-24(5-10,9-26)13(12)7-28/h4,8,10,12-13H,2-3,5-7,9,26H2,1H3,(H,31,32). The first-order valence-corrected chi connectivity index (χ1v) is 12.4. The van der Waals surface area contributed by atoms with Gasteiger partial charge in [-0.15, -0.1) is 11.3 Å². The number of nitrogens with zero attached hydrogens (tertiary/aromatic N) is 3. The Morgan fingerprint density at radius 2 is 2.26 bits per heavy atom. The SMILES string of the molecule is CN=c1c2c(N3CC4C5CCC(CN)(C5)C4C3)c(F)cc3c(=O)c(OC(=O)O)c4scc1n4c32. The van der Waals surface area contributed by atoms with Gasteiger partial charge >= 0.3 is 6.16 Å². The zero-order valence-corrected chi connectivity index (χ0v) is 19.3. The molecule has 0 spiro atoms. The lowest BCUT2D eigenvalue weighted by molar-refractivity contribution is 0.144. The van der Waals surface area contributed by atoms with E-state index in [0.29, 0.717) is 56.6 Å². The third kappa shape index (κ3) is 2.28. The number of ether oxygens (including phenoxy) is 1. The topological polar surface area (TPSA) is 110 Å². The molecule has 1 aliphatic heterocycles. The zero-order chi connectivity index (χ0) is 23.5. The molecule has 4 heterocycles. The molecule has 7 rings (SSSR count). The molecule has 2 saturated carbocycles. The Morgan fingerprint density at radius 3 is 3.00 bits per heavy atom. The van der Waals surface area contributed by atoms with Gasteiger partial charge in [-0.3, -0.25) is 14.2 Å². The third-order valence-corrected chi connectivity index (χ3v) is 9.81. The second-order valence-corrected chi connectivity index (χ2v) is 10.9. The van der Waals surface area contributed by atoms with Gasteiger partial charge in [-0.1, -0.05) is 0 Å². The normalized spacial score (nSPS) is 28.9. The molecule has 10 heteroatoms. The number of anilines is 1. The van der Waals surface area contributed by atoms with E-state index in [9.17, 15) is 14.7 Å². The molecule has 0 amide bonds. The van der Waals surface area contributed by atoms with E-state index in [2.05, 4.69) is 9.89 Å². The number of halogens is 1. The molecule has 8 nitrogen and oxygen atoms in total. The highest BCUT2D eigenvalue weighted by atomic mass is 32.1. The molecule has 2 bridgehead atoms. The predicted octanol–water partition coefficient (Wildman–Crippen LogP) is 3.08. The number of hydrogen-bond acceptors (Lipinski definition) is 7. The summed E-state index contributed by atoms with van der Waals surface area (Å²) in [6.45, 7) is 2.19. The van der Waals surface area contributed by atoms with Crippen LogP contribution in [0.25, 0.3) is 26.6 Å². The first kappa shape index (κ1) is 20.4. The maximum absolute atomic E-state index is 15.9. The Kier molecular flexibility index (Phi) is 3.94. The molecule has 3 aromatic heterocycles. The van der Waals surface area contributed by atoms with Crippen molar-refractivity contribution in [3.63, 3.8) is 0 Å². The maximum Gasteiger partial charge on any atom is 0.511 e. The fourth-order valence-corrected chi connectivity index (χ4v) is 8.54. The minimum Gasteiger partial charge on any atom is -0.449 e. The van der Waals surface area contributed by atoms with Gasteiger partial charge in [0.15, 0.2) is 0 Å². The Labute approximate surface area is 196 Å². The van der Waals surface area contributed by atoms with E-state index in [0.717, 1.165) is 19.5 Å². The molecule has 1 aromatic carbocycles. The average molecular weight is 483 g/mol. The van der Waals surface area contributed by atoms with E-state index in [-0.39, 0.29) is 16.6 Å². The van der Waals surface area contributed by atoms with Gasteiger partial charge in [0.2, 0.25) is 11.2 Å². The average Bonchev–Trinajstić information content (AvgIpc) is 3.60. The van der Waals surface area contributed by atoms with Crippen molar-refractivity contribution in [2.24, 2.45) is 33.9 Å². The quantitative estimate of drug-likeness (QED) is 0.435. The van der Waals surface area contributed by atoms with Crippen LogP contribution in [0.5, 0.6) is 5.75 Å². The Balaban J connectivity index is 1.50. The van der Waals surface area contributed by atoms with Crippen molar-refractivity contribution in [3.8, 4) is 5.75 Å². The highest BCUT2D eigenvalue weighted by Crippen LogP contribution is 2.62. The molecule has 34 heavy (non-hydrogen) atoms. The molecule has 4 aromatic rings. The molecule has 1 saturated heterocycles. The summed E-state index contributed by atoms with van der Waals surface area (Å²) in [6, 6.07) is 1.24. The number of carboxylic acid groups (broad SMARTS) is 1. The molecule has 3 fully saturated rings. The number of fused-ring (bicyclic) bond motifs is 5. The van der Waals surface area contributed by atoms with E-state index >= 15 is 4.39 Å². The lowest BCUT2D eigenvalue weighted by Crippen LogP contribution is -2.37. The summed E-state index contributed by atoms with van der Waals surface area (Å²) in [5.74, 6) is 0.796. The van der Waals surface area contributed by atoms with Gasteiger partial charge in [-0.2, -0.15) is 0 Å². The third-order valence-electron chi connectivity index (χ3n) is 8.87. The van der Waals surface area contributed by atoms with Crippen molar-refractivity contribution in [1.29, 1.82) is 0 Å². The number of rotatable bonds is 3. The van der Waals surface area contributed by atoms with Crippen LogP contribution in [0, 0.1) is 29.0 Å². The Hall–Kier alpha value is -2.98. The van der Waals surface area contributed by atoms with Gasteiger partial charge < -0.3 is 20.5 Å². The number of hydrogen-bond donors (Lipinski definition) is 2. The number of thiazole rings is 1. The molecule has 3 aliphatic rings. The van der Waals surface area contributed by atoms with Gasteiger partial charge in [0, 0.05) is 25.5 Å². The lowest BCUT2D eigenvalue weighted by atomic mass is 9.72. The van der Waals surface area contributed by atoms with E-state index < -0.39 is 17.4 Å². The van der Waals surface area contributed by atoms with E-state index in [1.165, 1.54) is 30.2 Å². The van der Waals surface area contributed by atoms with Crippen LogP contribution >= 0.6 is 11.3 Å². The molecule has 0 radical (unpaired) electrons. The van der Waals surface area contributed by atoms with E-state index in [1.54, 1.807) is 11.4 Å². The molecule has 4 atom stereocenters. The van der Waals surface area contributed by atoms with Gasteiger partial charge in [-0.05, 0) is 55.0 Å². The number of aromatic nitrogens is 1. The van der Waals surface area contributed by atoms with Gasteiger partial charge in [0.25, 0.3) is 0 Å². The van der Waals surface area contributed by atoms with Crippen LogP contribution in [0.3, 0.4) is 0 Å². The van der Waals surface area contributed by atoms with Crippen molar-refractivity contribution in [3.05, 3.63) is 32.8 Å². The minimum atomic E-state index is -1.58. The van der Waals surface area contributed by atoms with Crippen molar-refractivity contribution in [2.75, 3.05) is 31.6 Å². The monoisotopic (exact) mass is 482 g/mol. The molecular weight excluding hydrogens is 459 g/mol. The van der Waals surface area contributed by atoms with Crippen LogP contribution in [0.4, 0.5) is 14.9 Å². The Morgan fingerprint density at radius 1 is 1.44 bits per heavy atom. The molecule has 2 aliphatic carbocycles. The first-order valence-electron chi connectivity index (χ1n) is 11.5. The van der Waals surface area contributed by atoms with E-state index in [1.807, 2.05) is 5.38 Å². The number of pyridine rings is 1. The van der Waals surface area contributed by atoms with Crippen LogP contribution in [0.1, 0.15) is 19.3 Å². The summed E-state index contributed by atoms with van der Waals surface area (Å²) in [4.78, 5) is 31.5. The van der Waals surface area contributed by atoms with Gasteiger partial charge in [0.05, 0.1) is 32.9 Å². The maximum atomic E-state index is 15.9. The summed E-state index contributed by atoms with van der Waals surface area (Å²) in [5.41, 5.74) is 7.54. The number of nitrogens with two attached hydrogens (primary N) is 1. The van der Waals surface area contributed by atoms with Gasteiger partial charge in [0.1, 0.15) is 10.6 Å². The van der Waals surface area contributed by atoms with Crippen molar-refractivity contribution >= 4 is 49.8 Å². The van der Waals surface area contributed by atoms with Gasteiger partial charge in [-0.25, -0.2) is 9.18 Å². The summed E-state index contributed by atoms with van der Waals surface area (Å²) < 4.78 is 22.5. The summed E-state index contributed by atoms with van der Waals surface area (Å²) in [5, 5.41) is 12.3. The zero-order valence-electron chi connectivity index (χ0n) is 18.5. The number of benzene rings is 1. The largest absolute Gasteiger partial charge is 0.511 e. The number of carbonyl (C=O) groups is 1. The summed E-state index contributed by atoms with van der Waals surface area (Å²) in [6.07, 6.45) is 1.94.